The van der Waals surface area contributed by atoms with E-state index in [1.807, 2.05) is 10.9 Å². The van der Waals surface area contributed by atoms with Gasteiger partial charge in [-0.15, -0.1) is 5.10 Å². The fraction of sp³-hybridized carbons (Fsp3) is 0.733. The topological polar surface area (TPSA) is 115 Å². The maximum absolute atomic E-state index is 12.1. The van der Waals surface area contributed by atoms with Gasteiger partial charge in [0.15, 0.2) is 5.95 Å². The van der Waals surface area contributed by atoms with Gasteiger partial charge in [-0.25, -0.2) is 4.98 Å². The largest absolute Gasteiger partial charge is 0.369 e. The van der Waals surface area contributed by atoms with E-state index in [9.17, 15) is 4.79 Å². The molecule has 1 amide bonds. The number of imidazole rings is 1. The van der Waals surface area contributed by atoms with E-state index in [1.165, 1.54) is 70.6 Å². The summed E-state index contributed by atoms with van der Waals surface area (Å²) in [6, 6.07) is 0. The Hall–Kier alpha value is -2.64. The number of aryl methyl sites for hydroxylation is 2. The number of aromatic nitrogens is 5. The third kappa shape index (κ3) is 16.3. The van der Waals surface area contributed by atoms with Crippen LogP contribution in [0.5, 0.6) is 0 Å². The lowest BCUT2D eigenvalue weighted by atomic mass is 10.1. The van der Waals surface area contributed by atoms with Crippen LogP contribution in [0.1, 0.15) is 127 Å². The fourth-order valence-electron chi connectivity index (χ4n) is 4.62. The van der Waals surface area contributed by atoms with Gasteiger partial charge in [0.05, 0.1) is 18.4 Å². The van der Waals surface area contributed by atoms with Crippen molar-refractivity contribution in [2.45, 2.75) is 135 Å². The predicted molar refractivity (Wildman–Crippen MR) is 157 cm³/mol. The van der Waals surface area contributed by atoms with Crippen LogP contribution in [-0.2, 0) is 24.2 Å². The minimum absolute atomic E-state index is 0.141. The minimum atomic E-state index is 0.141. The fourth-order valence-corrected chi connectivity index (χ4v) is 4.62. The summed E-state index contributed by atoms with van der Waals surface area (Å²) in [6.07, 6.45) is 30.9. The molecule has 0 aliphatic carbocycles. The first-order valence-electron chi connectivity index (χ1n) is 15.3. The lowest BCUT2D eigenvalue weighted by Gasteiger charge is -2.05. The number of aromatic amines is 1. The number of hydrogen-bond donors (Lipinski definition) is 3. The predicted octanol–water partition coefficient (Wildman–Crippen LogP) is 6.69. The number of nitrogens with two attached hydrogens (primary N) is 1. The zero-order chi connectivity index (χ0) is 27.1. The number of H-pyrrole nitrogens is 1. The highest BCUT2D eigenvalue weighted by molar-refractivity contribution is 5.75. The number of unbranched alkanes of at least 4 members (excludes halogenated alkanes) is 13. The molecule has 2 aromatic rings. The minimum Gasteiger partial charge on any atom is -0.369 e. The quantitative estimate of drug-likeness (QED) is 0.104. The van der Waals surface area contributed by atoms with Crippen LogP contribution in [-0.4, -0.2) is 37.4 Å². The van der Waals surface area contributed by atoms with Crippen LogP contribution >= 0.6 is 0 Å². The van der Waals surface area contributed by atoms with Crippen molar-refractivity contribution in [2.24, 2.45) is 0 Å². The van der Waals surface area contributed by atoms with Gasteiger partial charge in [-0.2, -0.15) is 0 Å². The summed E-state index contributed by atoms with van der Waals surface area (Å²) in [4.78, 5) is 19.2. The van der Waals surface area contributed by atoms with Crippen molar-refractivity contribution in [2.75, 3.05) is 12.3 Å². The van der Waals surface area contributed by atoms with E-state index in [2.05, 4.69) is 44.7 Å². The second-order valence-electron chi connectivity index (χ2n) is 10.5. The molecule has 0 saturated carbocycles. The first-order chi connectivity index (χ1) is 18.7. The van der Waals surface area contributed by atoms with Crippen LogP contribution in [0.15, 0.2) is 24.5 Å². The molecule has 0 saturated heterocycles. The third-order valence-electron chi connectivity index (χ3n) is 6.94. The summed E-state index contributed by atoms with van der Waals surface area (Å²) in [5, 5.41) is 11.5. The summed E-state index contributed by atoms with van der Waals surface area (Å²) in [6.45, 7) is 3.53. The molecule has 2 rings (SSSR count). The number of amides is 1. The van der Waals surface area contributed by atoms with Gasteiger partial charge in [-0.05, 0) is 57.8 Å². The van der Waals surface area contributed by atoms with Crippen LogP contribution in [0, 0.1) is 0 Å². The molecule has 0 atom stereocenters. The molecule has 0 aliphatic heterocycles. The van der Waals surface area contributed by atoms with Gasteiger partial charge >= 0.3 is 0 Å². The number of carbonyl (C=O) groups is 1. The van der Waals surface area contributed by atoms with Gasteiger partial charge in [-0.1, -0.05) is 82.1 Å². The van der Waals surface area contributed by atoms with Crippen LogP contribution in [0.2, 0.25) is 0 Å². The number of carbonyl (C=O) groups excluding carboxylic acids is 1. The van der Waals surface area contributed by atoms with Gasteiger partial charge in [0.25, 0.3) is 0 Å². The van der Waals surface area contributed by atoms with Crippen LogP contribution < -0.4 is 11.1 Å². The van der Waals surface area contributed by atoms with Crippen LogP contribution in [0.4, 0.5) is 5.95 Å². The molecule has 0 aromatic carbocycles. The van der Waals surface area contributed by atoms with Crippen molar-refractivity contribution < 1.29 is 4.79 Å². The Balaban J connectivity index is 1.36. The molecule has 0 unspecified atom stereocenters. The monoisotopic (exact) mass is 527 g/mol. The molecule has 8 heteroatoms. The molecule has 0 bridgehead atoms. The normalized spacial score (nSPS) is 11.5. The highest BCUT2D eigenvalue weighted by Crippen LogP contribution is 2.10. The van der Waals surface area contributed by atoms with Crippen LogP contribution in [0.25, 0.3) is 0 Å². The molecule has 0 aliphatic rings. The second kappa shape index (κ2) is 21.3. The van der Waals surface area contributed by atoms with Crippen molar-refractivity contribution in [1.29, 1.82) is 0 Å². The van der Waals surface area contributed by atoms with E-state index < -0.39 is 0 Å². The Morgan fingerprint density at radius 1 is 0.921 bits per heavy atom. The molecular formula is C30H53N7O. The highest BCUT2D eigenvalue weighted by Gasteiger charge is 2.04. The first-order valence-corrected chi connectivity index (χ1v) is 15.3. The van der Waals surface area contributed by atoms with Gasteiger partial charge < -0.3 is 16.0 Å². The lowest BCUT2D eigenvalue weighted by Crippen LogP contribution is -2.27. The van der Waals surface area contributed by atoms with Crippen molar-refractivity contribution >= 4 is 11.9 Å². The Morgan fingerprint density at radius 2 is 1.58 bits per heavy atom. The lowest BCUT2D eigenvalue weighted by molar-refractivity contribution is -0.121. The van der Waals surface area contributed by atoms with E-state index in [1.54, 1.807) is 6.20 Å². The van der Waals surface area contributed by atoms with Crippen molar-refractivity contribution in [3.8, 4) is 0 Å². The summed E-state index contributed by atoms with van der Waals surface area (Å²) < 4.78 is 1.82. The van der Waals surface area contributed by atoms with E-state index in [0.717, 1.165) is 56.3 Å². The molecule has 2 aromatic heterocycles. The molecule has 4 N–H and O–H groups in total. The first kappa shape index (κ1) is 31.6. The van der Waals surface area contributed by atoms with Crippen LogP contribution in [0.3, 0.4) is 0 Å². The zero-order valence-electron chi connectivity index (χ0n) is 23.9. The number of allylic oxidation sites excluding steroid dienone is 2. The molecule has 0 radical (unpaired) electrons. The SMILES string of the molecule is CCCCCCCCC=CCCCCCCCC(=O)NCCn1cc(CCCCCc2cnc(N)[nH]2)nn1. The molecule has 0 spiro atoms. The summed E-state index contributed by atoms with van der Waals surface area (Å²) in [7, 11) is 0. The number of rotatable bonds is 24. The molecule has 214 valence electrons. The molecule has 8 nitrogen and oxygen atoms in total. The summed E-state index contributed by atoms with van der Waals surface area (Å²) in [5.74, 6) is 0.623. The standard InChI is InChI=1S/C30H53N7O/c1-2-3-4-5-6-7-8-9-10-11-12-13-14-15-19-22-29(38)32-23-24-37-26-28(35-36-37)21-18-16-17-20-27-25-33-30(31)34-27/h9-10,25-26H,2-8,11-24H2,1H3,(H,32,38)(H3,31,33,34). The van der Waals surface area contributed by atoms with E-state index in [4.69, 9.17) is 5.73 Å². The van der Waals surface area contributed by atoms with E-state index in [-0.39, 0.29) is 5.91 Å². The summed E-state index contributed by atoms with van der Waals surface area (Å²) >= 11 is 0. The maximum Gasteiger partial charge on any atom is 0.220 e. The summed E-state index contributed by atoms with van der Waals surface area (Å²) in [5.41, 5.74) is 7.70. The molecule has 38 heavy (non-hydrogen) atoms. The maximum atomic E-state index is 12.1. The van der Waals surface area contributed by atoms with Crippen molar-refractivity contribution in [1.82, 2.24) is 30.3 Å². The Labute approximate surface area is 230 Å². The van der Waals surface area contributed by atoms with Gasteiger partial charge in [0, 0.05) is 24.9 Å². The Kier molecular flexibility index (Phi) is 17.7. The number of nitrogens with one attached hydrogen (secondary N) is 2. The second-order valence-corrected chi connectivity index (χ2v) is 10.5. The smallest absolute Gasteiger partial charge is 0.220 e. The number of nitrogens with zero attached hydrogens (tertiary/aromatic N) is 4. The Bertz CT molecular complexity index is 874. The van der Waals surface area contributed by atoms with Gasteiger partial charge in [0.2, 0.25) is 5.91 Å². The van der Waals surface area contributed by atoms with Crippen molar-refractivity contribution in [3.05, 3.63) is 35.9 Å². The third-order valence-corrected chi connectivity index (χ3v) is 6.94. The van der Waals surface area contributed by atoms with Gasteiger partial charge in [0.1, 0.15) is 0 Å². The highest BCUT2D eigenvalue weighted by atomic mass is 16.1. The van der Waals surface area contributed by atoms with E-state index >= 15 is 0 Å². The van der Waals surface area contributed by atoms with E-state index in [0.29, 0.717) is 25.5 Å². The zero-order valence-corrected chi connectivity index (χ0v) is 23.9. The Morgan fingerprint density at radius 3 is 2.29 bits per heavy atom. The molecular weight excluding hydrogens is 474 g/mol. The average molecular weight is 528 g/mol. The molecule has 2 heterocycles. The van der Waals surface area contributed by atoms with Crippen molar-refractivity contribution in [3.63, 3.8) is 0 Å². The molecule has 0 fully saturated rings. The van der Waals surface area contributed by atoms with Gasteiger partial charge in [-0.3, -0.25) is 9.48 Å². The number of nitrogen functional groups attached to an aromatic ring is 1. The number of anilines is 1. The number of hydrogen-bond acceptors (Lipinski definition) is 5. The average Bonchev–Trinajstić information content (AvgIpc) is 3.54.